The summed E-state index contributed by atoms with van der Waals surface area (Å²) in [6, 6.07) is 11.3. The molecule has 1 amide bonds. The van der Waals surface area contributed by atoms with Crippen molar-refractivity contribution in [3.8, 4) is 0 Å². The zero-order chi connectivity index (χ0) is 18.6. The summed E-state index contributed by atoms with van der Waals surface area (Å²) in [7, 11) is 1.73. The number of nitrogens with zero attached hydrogens (tertiary/aromatic N) is 1. The van der Waals surface area contributed by atoms with E-state index < -0.39 is 11.4 Å². The minimum Gasteiger partial charge on any atom is -0.478 e. The molecule has 5 nitrogen and oxygen atoms in total. The molecular weight excluding hydrogens is 318 g/mol. The molecule has 1 aromatic heterocycles. The van der Waals surface area contributed by atoms with Crippen molar-refractivity contribution < 1.29 is 19.1 Å². The lowest BCUT2D eigenvalue weighted by Gasteiger charge is -2.34. The maximum Gasteiger partial charge on any atom is 0.339 e. The number of hydrogen-bond acceptors (Lipinski definition) is 3. The van der Waals surface area contributed by atoms with Crippen molar-refractivity contribution in [3.63, 3.8) is 0 Å². The second-order valence-electron chi connectivity index (χ2n) is 6.30. The van der Waals surface area contributed by atoms with Crippen molar-refractivity contribution >= 4 is 11.9 Å². The minimum atomic E-state index is -1.03. The van der Waals surface area contributed by atoms with Gasteiger partial charge in [-0.1, -0.05) is 44.2 Å². The van der Waals surface area contributed by atoms with Crippen LogP contribution in [0.3, 0.4) is 0 Å². The van der Waals surface area contributed by atoms with Gasteiger partial charge >= 0.3 is 5.97 Å². The van der Waals surface area contributed by atoms with Gasteiger partial charge in [0.15, 0.2) is 0 Å². The maximum absolute atomic E-state index is 13.2. The number of hydrogen-bond donors (Lipinski definition) is 1. The van der Waals surface area contributed by atoms with E-state index in [1.807, 2.05) is 44.2 Å². The Morgan fingerprint density at radius 2 is 1.76 bits per heavy atom. The zero-order valence-corrected chi connectivity index (χ0v) is 15.2. The van der Waals surface area contributed by atoms with Gasteiger partial charge in [-0.3, -0.25) is 4.79 Å². The lowest BCUT2D eigenvalue weighted by Crippen LogP contribution is -2.44. The summed E-state index contributed by atoms with van der Waals surface area (Å²) in [6.45, 7) is 5.88. The first kappa shape index (κ1) is 18.8. The smallest absolute Gasteiger partial charge is 0.339 e. The van der Waals surface area contributed by atoms with E-state index in [1.165, 1.54) is 6.07 Å². The van der Waals surface area contributed by atoms with E-state index in [1.54, 1.807) is 18.9 Å². The molecule has 0 bridgehead atoms. The molecule has 134 valence electrons. The van der Waals surface area contributed by atoms with E-state index in [4.69, 9.17) is 9.52 Å². The lowest BCUT2D eigenvalue weighted by molar-refractivity contribution is -0.137. The van der Waals surface area contributed by atoms with Crippen LogP contribution in [0, 0.1) is 6.92 Å². The van der Waals surface area contributed by atoms with Gasteiger partial charge in [0.05, 0.1) is 12.0 Å². The van der Waals surface area contributed by atoms with Gasteiger partial charge in [-0.05, 0) is 31.4 Å². The fourth-order valence-electron chi connectivity index (χ4n) is 3.35. The van der Waals surface area contributed by atoms with Crippen LogP contribution in [-0.4, -0.2) is 28.9 Å². The molecular formula is C20H25NO4. The quantitative estimate of drug-likeness (QED) is 0.825. The number of furan rings is 1. The molecule has 0 spiro atoms. The molecule has 0 atom stereocenters. The van der Waals surface area contributed by atoms with Crippen LogP contribution in [0.2, 0.25) is 0 Å². The van der Waals surface area contributed by atoms with Crippen molar-refractivity contribution in [3.05, 3.63) is 59.0 Å². The van der Waals surface area contributed by atoms with Crippen molar-refractivity contribution in [2.45, 2.75) is 45.6 Å². The van der Waals surface area contributed by atoms with Gasteiger partial charge in [0, 0.05) is 7.05 Å². The largest absolute Gasteiger partial charge is 0.478 e. The molecule has 25 heavy (non-hydrogen) atoms. The highest BCUT2D eigenvalue weighted by molar-refractivity contribution is 5.89. The predicted octanol–water partition coefficient (Wildman–Crippen LogP) is 4.00. The van der Waals surface area contributed by atoms with Crippen molar-refractivity contribution in [1.82, 2.24) is 4.90 Å². The second-order valence-corrected chi connectivity index (χ2v) is 6.30. The van der Waals surface area contributed by atoms with Crippen LogP contribution in [0.25, 0.3) is 0 Å². The SMILES string of the molecule is CCC(CC)(C(=O)N(C)Cc1cc(C(=O)O)c(C)o1)c1ccccc1. The Kier molecular flexibility index (Phi) is 5.67. The van der Waals surface area contributed by atoms with Crippen LogP contribution in [0.1, 0.15) is 54.1 Å². The third kappa shape index (κ3) is 3.60. The van der Waals surface area contributed by atoms with E-state index in [0.717, 1.165) is 5.56 Å². The van der Waals surface area contributed by atoms with Gasteiger partial charge in [-0.25, -0.2) is 4.79 Å². The van der Waals surface area contributed by atoms with Crippen molar-refractivity contribution in [1.29, 1.82) is 0 Å². The normalized spacial score (nSPS) is 11.4. The van der Waals surface area contributed by atoms with Gasteiger partial charge in [-0.15, -0.1) is 0 Å². The minimum absolute atomic E-state index is 0.00891. The highest BCUT2D eigenvalue weighted by Gasteiger charge is 2.38. The number of rotatable bonds is 7. The number of amides is 1. The number of benzene rings is 1. The van der Waals surface area contributed by atoms with Gasteiger partial charge in [0.2, 0.25) is 5.91 Å². The van der Waals surface area contributed by atoms with Crippen LogP contribution in [0.15, 0.2) is 40.8 Å². The summed E-state index contributed by atoms with van der Waals surface area (Å²) in [6.07, 6.45) is 1.38. The maximum atomic E-state index is 13.2. The van der Waals surface area contributed by atoms with E-state index in [-0.39, 0.29) is 18.0 Å². The van der Waals surface area contributed by atoms with Crippen LogP contribution in [0.4, 0.5) is 0 Å². The first-order valence-corrected chi connectivity index (χ1v) is 8.49. The summed E-state index contributed by atoms with van der Waals surface area (Å²) in [5.74, 6) is -0.194. The predicted molar refractivity (Wildman–Crippen MR) is 95.6 cm³/mol. The summed E-state index contributed by atoms with van der Waals surface area (Å²) in [4.78, 5) is 26.0. The molecule has 0 unspecified atom stereocenters. The molecule has 0 saturated heterocycles. The number of carbonyl (C=O) groups excluding carboxylic acids is 1. The summed E-state index contributed by atoms with van der Waals surface area (Å²) in [5, 5.41) is 9.14. The molecule has 0 aliphatic rings. The fourth-order valence-corrected chi connectivity index (χ4v) is 3.35. The first-order valence-electron chi connectivity index (χ1n) is 8.49. The monoisotopic (exact) mass is 343 g/mol. The summed E-state index contributed by atoms with van der Waals surface area (Å²) >= 11 is 0. The Hall–Kier alpha value is -2.56. The molecule has 1 heterocycles. The zero-order valence-electron chi connectivity index (χ0n) is 15.2. The molecule has 2 aromatic rings. The standard InChI is InChI=1S/C20H25NO4/c1-5-20(6-2,15-10-8-7-9-11-15)19(24)21(4)13-16-12-17(18(22)23)14(3)25-16/h7-12H,5-6,13H2,1-4H3,(H,22,23). The molecule has 0 fully saturated rings. The average molecular weight is 343 g/mol. The Balaban J connectivity index is 2.27. The number of likely N-dealkylation sites (N-methyl/N-ethyl adjacent to an activating group) is 1. The van der Waals surface area contributed by atoms with Gasteiger partial charge in [0.25, 0.3) is 0 Å². The molecule has 2 rings (SSSR count). The van der Waals surface area contributed by atoms with Crippen LogP contribution < -0.4 is 0 Å². The average Bonchev–Trinajstić information content (AvgIpc) is 2.98. The summed E-state index contributed by atoms with van der Waals surface area (Å²) in [5.41, 5.74) is 0.544. The topological polar surface area (TPSA) is 70.8 Å². The van der Waals surface area contributed by atoms with Crippen molar-refractivity contribution in [2.24, 2.45) is 0 Å². The highest BCUT2D eigenvalue weighted by atomic mass is 16.4. The van der Waals surface area contributed by atoms with E-state index >= 15 is 0 Å². The third-order valence-corrected chi connectivity index (χ3v) is 4.88. The molecule has 0 aliphatic carbocycles. The van der Waals surface area contributed by atoms with Crippen molar-refractivity contribution in [2.75, 3.05) is 7.05 Å². The number of aromatic carboxylic acids is 1. The number of carboxylic acid groups (broad SMARTS) is 1. The second kappa shape index (κ2) is 7.55. The summed E-state index contributed by atoms with van der Waals surface area (Å²) < 4.78 is 5.51. The van der Waals surface area contributed by atoms with E-state index in [9.17, 15) is 9.59 Å². The van der Waals surface area contributed by atoms with Gasteiger partial charge in [-0.2, -0.15) is 0 Å². The molecule has 0 aliphatic heterocycles. The fraction of sp³-hybridized carbons (Fsp3) is 0.400. The van der Waals surface area contributed by atoms with Gasteiger partial charge in [0.1, 0.15) is 17.1 Å². The molecule has 5 heteroatoms. The van der Waals surface area contributed by atoms with Gasteiger partial charge < -0.3 is 14.4 Å². The Morgan fingerprint density at radius 3 is 2.24 bits per heavy atom. The van der Waals surface area contributed by atoms with Crippen LogP contribution in [-0.2, 0) is 16.8 Å². The number of carboxylic acids is 1. The first-order chi connectivity index (χ1) is 11.9. The highest BCUT2D eigenvalue weighted by Crippen LogP contribution is 2.34. The molecule has 0 saturated carbocycles. The Morgan fingerprint density at radius 1 is 1.16 bits per heavy atom. The Bertz CT molecular complexity index is 744. The number of aryl methyl sites for hydroxylation is 1. The molecule has 0 radical (unpaired) electrons. The lowest BCUT2D eigenvalue weighted by atomic mass is 9.74. The van der Waals surface area contributed by atoms with Crippen LogP contribution >= 0.6 is 0 Å². The third-order valence-electron chi connectivity index (χ3n) is 4.88. The molecule has 1 aromatic carbocycles. The van der Waals surface area contributed by atoms with E-state index in [2.05, 4.69) is 0 Å². The van der Waals surface area contributed by atoms with Crippen LogP contribution in [0.5, 0.6) is 0 Å². The number of carbonyl (C=O) groups is 2. The molecule has 1 N–H and O–H groups in total. The van der Waals surface area contributed by atoms with E-state index in [0.29, 0.717) is 24.4 Å². The Labute approximate surface area is 148 Å².